The molecule has 0 spiro atoms. The molecule has 0 aliphatic rings. The summed E-state index contributed by atoms with van der Waals surface area (Å²) in [6, 6.07) is 2.31. The van der Waals surface area contributed by atoms with Gasteiger partial charge in [0.2, 0.25) is 5.89 Å². The summed E-state index contributed by atoms with van der Waals surface area (Å²) in [6.07, 6.45) is 3.06. The first-order chi connectivity index (χ1) is 7.53. The predicted molar refractivity (Wildman–Crippen MR) is 63.0 cm³/mol. The van der Waals surface area contributed by atoms with Crippen molar-refractivity contribution in [3.63, 3.8) is 0 Å². The Kier molecular flexibility index (Phi) is 4.81. The molecule has 0 radical (unpaired) electrons. The standard InChI is InChI=1S/C11H17N3OS/c1-9-13-14-10(15-9)16-7-5-4-6-11(2,3)8-12/h4-7H2,1-3H3. The van der Waals surface area contributed by atoms with Gasteiger partial charge in [0, 0.05) is 12.7 Å². The summed E-state index contributed by atoms with van der Waals surface area (Å²) < 4.78 is 5.24. The number of aryl methyl sites for hydroxylation is 1. The van der Waals surface area contributed by atoms with Crippen molar-refractivity contribution in [3.05, 3.63) is 5.89 Å². The second-order valence-corrected chi connectivity index (χ2v) is 5.43. The van der Waals surface area contributed by atoms with Crippen molar-refractivity contribution in [2.24, 2.45) is 5.41 Å². The van der Waals surface area contributed by atoms with Gasteiger partial charge in [-0.3, -0.25) is 0 Å². The smallest absolute Gasteiger partial charge is 0.276 e. The largest absolute Gasteiger partial charge is 0.416 e. The number of nitrogens with zero attached hydrogens (tertiary/aromatic N) is 3. The van der Waals surface area contributed by atoms with Gasteiger partial charge in [0.05, 0.1) is 11.5 Å². The van der Waals surface area contributed by atoms with Gasteiger partial charge >= 0.3 is 0 Å². The summed E-state index contributed by atoms with van der Waals surface area (Å²) in [4.78, 5) is 0. The Morgan fingerprint density at radius 3 is 2.69 bits per heavy atom. The highest BCUT2D eigenvalue weighted by Gasteiger charge is 2.15. The van der Waals surface area contributed by atoms with E-state index in [1.54, 1.807) is 18.7 Å². The summed E-state index contributed by atoms with van der Waals surface area (Å²) in [5.41, 5.74) is -0.203. The van der Waals surface area contributed by atoms with Gasteiger partial charge in [0.15, 0.2) is 0 Å². The lowest BCUT2D eigenvalue weighted by atomic mass is 9.89. The van der Waals surface area contributed by atoms with Crippen LogP contribution in [0.25, 0.3) is 0 Å². The Morgan fingerprint density at radius 1 is 1.38 bits per heavy atom. The maximum Gasteiger partial charge on any atom is 0.276 e. The number of aromatic nitrogens is 2. The molecule has 0 aliphatic carbocycles. The summed E-state index contributed by atoms with van der Waals surface area (Å²) in [5.74, 6) is 1.57. The molecule has 0 N–H and O–H groups in total. The van der Waals surface area contributed by atoms with Crippen LogP contribution in [0.3, 0.4) is 0 Å². The van der Waals surface area contributed by atoms with Crippen LogP contribution in [-0.4, -0.2) is 16.0 Å². The predicted octanol–water partition coefficient (Wildman–Crippen LogP) is 3.19. The van der Waals surface area contributed by atoms with Gasteiger partial charge in [0.1, 0.15) is 0 Å². The summed E-state index contributed by atoms with van der Waals surface area (Å²) in [5, 5.41) is 17.1. The molecule has 0 aliphatic heterocycles. The van der Waals surface area contributed by atoms with Crippen LogP contribution < -0.4 is 0 Å². The summed E-state index contributed by atoms with van der Waals surface area (Å²) in [6.45, 7) is 5.73. The van der Waals surface area contributed by atoms with E-state index in [9.17, 15) is 0 Å². The first-order valence-electron chi connectivity index (χ1n) is 5.38. The Morgan fingerprint density at radius 2 is 2.12 bits per heavy atom. The van der Waals surface area contributed by atoms with Crippen molar-refractivity contribution >= 4 is 11.8 Å². The number of unbranched alkanes of at least 4 members (excludes halogenated alkanes) is 1. The van der Waals surface area contributed by atoms with E-state index in [0.717, 1.165) is 25.0 Å². The number of hydrogen-bond acceptors (Lipinski definition) is 5. The Bertz CT molecular complexity index is 368. The zero-order valence-electron chi connectivity index (χ0n) is 9.99. The Labute approximate surface area is 100 Å². The van der Waals surface area contributed by atoms with Crippen LogP contribution in [0, 0.1) is 23.7 Å². The topological polar surface area (TPSA) is 62.7 Å². The quantitative estimate of drug-likeness (QED) is 0.563. The highest BCUT2D eigenvalue weighted by Crippen LogP contribution is 2.23. The number of thioether (sulfide) groups is 1. The lowest BCUT2D eigenvalue weighted by Crippen LogP contribution is -2.07. The molecule has 0 aromatic carbocycles. The molecule has 0 saturated heterocycles. The molecule has 1 aromatic rings. The first kappa shape index (κ1) is 13.0. The van der Waals surface area contributed by atoms with Crippen molar-refractivity contribution in [2.45, 2.75) is 45.3 Å². The molecule has 88 valence electrons. The highest BCUT2D eigenvalue weighted by molar-refractivity contribution is 7.99. The van der Waals surface area contributed by atoms with E-state index < -0.39 is 0 Å². The average Bonchev–Trinajstić information content (AvgIpc) is 2.64. The molecule has 0 saturated carbocycles. The summed E-state index contributed by atoms with van der Waals surface area (Å²) >= 11 is 1.58. The van der Waals surface area contributed by atoms with Crippen LogP contribution in [0.5, 0.6) is 0 Å². The van der Waals surface area contributed by atoms with E-state index in [-0.39, 0.29) is 5.41 Å². The molecule has 1 rings (SSSR count). The molecule has 0 atom stereocenters. The third-order valence-corrected chi connectivity index (χ3v) is 3.14. The fourth-order valence-electron chi connectivity index (χ4n) is 1.22. The van der Waals surface area contributed by atoms with Crippen LogP contribution in [0.2, 0.25) is 0 Å². The van der Waals surface area contributed by atoms with E-state index >= 15 is 0 Å². The van der Waals surface area contributed by atoms with Crippen molar-refractivity contribution in [2.75, 3.05) is 5.75 Å². The molecule has 1 heterocycles. The normalized spacial score (nSPS) is 11.4. The maximum atomic E-state index is 8.84. The third kappa shape index (κ3) is 4.67. The lowest BCUT2D eigenvalue weighted by Gasteiger charge is -2.13. The van der Waals surface area contributed by atoms with E-state index in [0.29, 0.717) is 11.1 Å². The minimum Gasteiger partial charge on any atom is -0.416 e. The van der Waals surface area contributed by atoms with Crippen molar-refractivity contribution in [3.8, 4) is 6.07 Å². The van der Waals surface area contributed by atoms with Crippen LogP contribution in [0.1, 0.15) is 39.0 Å². The molecular formula is C11H17N3OS. The zero-order chi connectivity index (χ0) is 12.0. The highest BCUT2D eigenvalue weighted by atomic mass is 32.2. The number of nitriles is 1. The van der Waals surface area contributed by atoms with Crippen LogP contribution >= 0.6 is 11.8 Å². The summed E-state index contributed by atoms with van der Waals surface area (Å²) in [7, 11) is 0. The molecule has 16 heavy (non-hydrogen) atoms. The zero-order valence-corrected chi connectivity index (χ0v) is 10.8. The van der Waals surface area contributed by atoms with E-state index in [4.69, 9.17) is 9.68 Å². The fraction of sp³-hybridized carbons (Fsp3) is 0.727. The fourth-order valence-corrected chi connectivity index (χ4v) is 2.02. The maximum absolute atomic E-state index is 8.84. The molecule has 0 fully saturated rings. The van der Waals surface area contributed by atoms with Gasteiger partial charge in [-0.15, -0.1) is 10.2 Å². The van der Waals surface area contributed by atoms with Crippen molar-refractivity contribution in [1.29, 1.82) is 5.26 Å². The average molecular weight is 239 g/mol. The molecule has 5 heteroatoms. The van der Waals surface area contributed by atoms with Crippen LogP contribution in [0.4, 0.5) is 0 Å². The Balaban J connectivity index is 2.11. The van der Waals surface area contributed by atoms with Crippen molar-refractivity contribution in [1.82, 2.24) is 10.2 Å². The lowest BCUT2D eigenvalue weighted by molar-refractivity contribution is 0.426. The van der Waals surface area contributed by atoms with Gasteiger partial charge in [-0.2, -0.15) is 5.26 Å². The van der Waals surface area contributed by atoms with Gasteiger partial charge in [-0.25, -0.2) is 0 Å². The van der Waals surface area contributed by atoms with Gasteiger partial charge in [-0.1, -0.05) is 18.2 Å². The second-order valence-electron chi connectivity index (χ2n) is 4.39. The van der Waals surface area contributed by atoms with Crippen LogP contribution in [0.15, 0.2) is 9.64 Å². The minimum atomic E-state index is -0.203. The van der Waals surface area contributed by atoms with E-state index in [1.165, 1.54) is 0 Å². The van der Waals surface area contributed by atoms with E-state index in [1.807, 2.05) is 13.8 Å². The minimum absolute atomic E-state index is 0.203. The van der Waals surface area contributed by atoms with E-state index in [2.05, 4.69) is 16.3 Å². The van der Waals surface area contributed by atoms with Crippen molar-refractivity contribution < 1.29 is 4.42 Å². The Hall–Kier alpha value is -1.02. The molecule has 4 nitrogen and oxygen atoms in total. The van der Waals surface area contributed by atoms with Gasteiger partial charge in [0.25, 0.3) is 5.22 Å². The molecule has 0 unspecified atom stereocenters. The number of hydrogen-bond donors (Lipinski definition) is 0. The monoisotopic (exact) mass is 239 g/mol. The second kappa shape index (κ2) is 5.90. The number of rotatable bonds is 6. The molecule has 1 aromatic heterocycles. The third-order valence-electron chi connectivity index (χ3n) is 2.23. The SMILES string of the molecule is Cc1nnc(SCCCCC(C)(C)C#N)o1. The molecular weight excluding hydrogens is 222 g/mol. The van der Waals surface area contributed by atoms with Crippen LogP contribution in [-0.2, 0) is 0 Å². The molecule has 0 amide bonds. The van der Waals surface area contributed by atoms with Gasteiger partial charge < -0.3 is 4.42 Å². The first-order valence-corrected chi connectivity index (χ1v) is 6.36. The van der Waals surface area contributed by atoms with Gasteiger partial charge in [-0.05, 0) is 26.7 Å². The molecule has 0 bridgehead atoms.